The molecule has 3 nitrogen and oxygen atoms in total. The number of benzene rings is 2. The summed E-state index contributed by atoms with van der Waals surface area (Å²) in [6, 6.07) is 10.4. The molecule has 0 bridgehead atoms. The van der Waals surface area contributed by atoms with Crippen molar-refractivity contribution in [2.45, 2.75) is 13.0 Å². The summed E-state index contributed by atoms with van der Waals surface area (Å²) in [5, 5.41) is 2.68. The van der Waals surface area contributed by atoms with Crippen LogP contribution < -0.4 is 10.1 Å². The monoisotopic (exact) mass is 403 g/mol. The SMILES string of the molecule is CC(Oc1ccc(F)c(F)c1)C(=O)Nc1ccc(I)cc1. The molecule has 1 unspecified atom stereocenters. The third-order valence-corrected chi connectivity index (χ3v) is 3.40. The van der Waals surface area contributed by atoms with Crippen LogP contribution in [0.2, 0.25) is 0 Å². The highest BCUT2D eigenvalue weighted by molar-refractivity contribution is 14.1. The summed E-state index contributed by atoms with van der Waals surface area (Å²) in [5.74, 6) is -2.25. The highest BCUT2D eigenvalue weighted by atomic mass is 127. The van der Waals surface area contributed by atoms with E-state index in [0.717, 1.165) is 15.7 Å². The maximum atomic E-state index is 13.1. The summed E-state index contributed by atoms with van der Waals surface area (Å²) in [4.78, 5) is 11.9. The molecular weight excluding hydrogens is 391 g/mol. The van der Waals surface area contributed by atoms with Gasteiger partial charge in [0, 0.05) is 15.3 Å². The number of hydrogen-bond acceptors (Lipinski definition) is 2. The third-order valence-electron chi connectivity index (χ3n) is 2.68. The Bertz CT molecular complexity index is 647. The van der Waals surface area contributed by atoms with E-state index in [1.165, 1.54) is 13.0 Å². The van der Waals surface area contributed by atoms with Crippen LogP contribution in [0.1, 0.15) is 6.92 Å². The normalized spacial score (nSPS) is 11.8. The number of nitrogens with one attached hydrogen (secondary N) is 1. The molecule has 0 aliphatic carbocycles. The second-order valence-corrected chi connectivity index (χ2v) is 5.58. The molecule has 0 aliphatic rings. The van der Waals surface area contributed by atoms with Crippen molar-refractivity contribution >= 4 is 34.2 Å². The maximum Gasteiger partial charge on any atom is 0.265 e. The van der Waals surface area contributed by atoms with Crippen LogP contribution in [0.15, 0.2) is 42.5 Å². The molecule has 0 aromatic heterocycles. The van der Waals surface area contributed by atoms with Gasteiger partial charge in [-0.15, -0.1) is 0 Å². The van der Waals surface area contributed by atoms with Gasteiger partial charge in [-0.1, -0.05) is 0 Å². The average Bonchev–Trinajstić information content (AvgIpc) is 2.45. The number of ether oxygens (including phenoxy) is 1. The summed E-state index contributed by atoms with van der Waals surface area (Å²) >= 11 is 2.16. The van der Waals surface area contributed by atoms with Crippen LogP contribution in [0.4, 0.5) is 14.5 Å². The van der Waals surface area contributed by atoms with E-state index in [4.69, 9.17) is 4.74 Å². The van der Waals surface area contributed by atoms with Crippen LogP contribution in [-0.2, 0) is 4.79 Å². The standard InChI is InChI=1S/C15H12F2INO2/c1-9(21-12-6-7-13(16)14(17)8-12)15(20)19-11-4-2-10(18)3-5-11/h2-9H,1H3,(H,19,20). The molecule has 1 atom stereocenters. The van der Waals surface area contributed by atoms with Gasteiger partial charge in [0.1, 0.15) is 5.75 Å². The van der Waals surface area contributed by atoms with Crippen molar-refractivity contribution < 1.29 is 18.3 Å². The van der Waals surface area contributed by atoms with E-state index >= 15 is 0 Å². The van der Waals surface area contributed by atoms with Crippen molar-refractivity contribution in [3.05, 3.63) is 57.7 Å². The Kier molecular flexibility index (Phi) is 5.11. The molecule has 110 valence electrons. The minimum Gasteiger partial charge on any atom is -0.481 e. The van der Waals surface area contributed by atoms with Crippen LogP contribution in [-0.4, -0.2) is 12.0 Å². The maximum absolute atomic E-state index is 13.1. The zero-order valence-electron chi connectivity index (χ0n) is 11.1. The van der Waals surface area contributed by atoms with Gasteiger partial charge < -0.3 is 10.1 Å². The van der Waals surface area contributed by atoms with Crippen molar-refractivity contribution in [1.82, 2.24) is 0 Å². The van der Waals surface area contributed by atoms with Crippen LogP contribution in [0.5, 0.6) is 5.75 Å². The molecule has 1 N–H and O–H groups in total. The molecular formula is C15H12F2INO2. The molecule has 0 fully saturated rings. The molecule has 0 spiro atoms. The lowest BCUT2D eigenvalue weighted by Gasteiger charge is -2.15. The Labute approximate surface area is 134 Å². The van der Waals surface area contributed by atoms with E-state index in [2.05, 4.69) is 27.9 Å². The van der Waals surface area contributed by atoms with Crippen molar-refractivity contribution in [3.8, 4) is 5.75 Å². The van der Waals surface area contributed by atoms with Gasteiger partial charge in [0.2, 0.25) is 0 Å². The summed E-state index contributed by atoms with van der Waals surface area (Å²) in [6.07, 6.45) is -0.839. The van der Waals surface area contributed by atoms with E-state index in [1.807, 2.05) is 12.1 Å². The van der Waals surface area contributed by atoms with Crippen LogP contribution in [0, 0.1) is 15.2 Å². The Balaban J connectivity index is 1.98. The van der Waals surface area contributed by atoms with E-state index in [-0.39, 0.29) is 11.7 Å². The summed E-state index contributed by atoms with van der Waals surface area (Å²) in [7, 11) is 0. The minimum atomic E-state index is -1.02. The number of carbonyl (C=O) groups excluding carboxylic acids is 1. The van der Waals surface area contributed by atoms with Gasteiger partial charge in [-0.2, -0.15) is 0 Å². The van der Waals surface area contributed by atoms with Crippen LogP contribution in [0.25, 0.3) is 0 Å². The zero-order chi connectivity index (χ0) is 15.4. The number of anilines is 1. The fourth-order valence-corrected chi connectivity index (χ4v) is 1.94. The number of halogens is 3. The van der Waals surface area contributed by atoms with Crippen molar-refractivity contribution in [2.75, 3.05) is 5.32 Å². The number of hydrogen-bond donors (Lipinski definition) is 1. The molecule has 2 aromatic carbocycles. The molecule has 1 amide bonds. The van der Waals surface area contributed by atoms with Gasteiger partial charge in [0.05, 0.1) is 0 Å². The fraction of sp³-hybridized carbons (Fsp3) is 0.133. The smallest absolute Gasteiger partial charge is 0.265 e. The lowest BCUT2D eigenvalue weighted by Crippen LogP contribution is -2.30. The lowest BCUT2D eigenvalue weighted by atomic mass is 10.3. The number of carbonyl (C=O) groups is 1. The minimum absolute atomic E-state index is 0.0964. The predicted octanol–water partition coefficient (Wildman–Crippen LogP) is 3.98. The number of rotatable bonds is 4. The topological polar surface area (TPSA) is 38.3 Å². The first kappa shape index (κ1) is 15.7. The van der Waals surface area contributed by atoms with Crippen molar-refractivity contribution in [1.29, 1.82) is 0 Å². The van der Waals surface area contributed by atoms with E-state index in [0.29, 0.717) is 5.69 Å². The predicted molar refractivity (Wildman–Crippen MR) is 84.2 cm³/mol. The molecule has 2 aromatic rings. The molecule has 0 aliphatic heterocycles. The summed E-state index contributed by atoms with van der Waals surface area (Å²) in [6.45, 7) is 1.53. The first-order valence-corrected chi connectivity index (χ1v) is 7.22. The average molecular weight is 403 g/mol. The van der Waals surface area contributed by atoms with E-state index in [9.17, 15) is 13.6 Å². The highest BCUT2D eigenvalue weighted by Gasteiger charge is 2.15. The van der Waals surface area contributed by atoms with Crippen molar-refractivity contribution in [3.63, 3.8) is 0 Å². The second kappa shape index (κ2) is 6.84. The van der Waals surface area contributed by atoms with Crippen molar-refractivity contribution in [2.24, 2.45) is 0 Å². The second-order valence-electron chi connectivity index (χ2n) is 4.33. The third kappa shape index (κ3) is 4.38. The molecule has 6 heteroatoms. The lowest BCUT2D eigenvalue weighted by molar-refractivity contribution is -0.122. The first-order chi connectivity index (χ1) is 9.95. The molecule has 0 saturated heterocycles. The van der Waals surface area contributed by atoms with Crippen LogP contribution in [0.3, 0.4) is 0 Å². The van der Waals surface area contributed by atoms with E-state index < -0.39 is 17.7 Å². The van der Waals surface area contributed by atoms with Gasteiger partial charge in [-0.3, -0.25) is 4.79 Å². The van der Waals surface area contributed by atoms with Crippen LogP contribution >= 0.6 is 22.6 Å². The van der Waals surface area contributed by atoms with Gasteiger partial charge in [0.25, 0.3) is 5.91 Å². The van der Waals surface area contributed by atoms with E-state index in [1.54, 1.807) is 12.1 Å². The largest absolute Gasteiger partial charge is 0.481 e. The first-order valence-electron chi connectivity index (χ1n) is 6.14. The zero-order valence-corrected chi connectivity index (χ0v) is 13.2. The molecule has 0 radical (unpaired) electrons. The van der Waals surface area contributed by atoms with Gasteiger partial charge in [0.15, 0.2) is 17.7 Å². The summed E-state index contributed by atoms with van der Waals surface area (Å²) < 4.78 is 32.2. The Morgan fingerprint density at radius 1 is 1.14 bits per heavy atom. The fourth-order valence-electron chi connectivity index (χ4n) is 1.58. The molecule has 2 rings (SSSR count). The quantitative estimate of drug-likeness (QED) is 0.785. The molecule has 0 heterocycles. The van der Waals surface area contributed by atoms with Gasteiger partial charge in [-0.25, -0.2) is 8.78 Å². The molecule has 0 saturated carbocycles. The van der Waals surface area contributed by atoms with Gasteiger partial charge >= 0.3 is 0 Å². The highest BCUT2D eigenvalue weighted by Crippen LogP contribution is 2.17. The number of amides is 1. The Morgan fingerprint density at radius 3 is 2.43 bits per heavy atom. The Morgan fingerprint density at radius 2 is 1.81 bits per heavy atom. The van der Waals surface area contributed by atoms with Gasteiger partial charge in [-0.05, 0) is 65.9 Å². The Hall–Kier alpha value is -1.70. The molecule has 21 heavy (non-hydrogen) atoms. The summed E-state index contributed by atoms with van der Waals surface area (Å²) in [5.41, 5.74) is 0.640.